The zero-order valence-corrected chi connectivity index (χ0v) is 19.3. The second-order valence-electron chi connectivity index (χ2n) is 8.85. The van der Waals surface area contributed by atoms with Crippen molar-refractivity contribution in [1.29, 1.82) is 0 Å². The van der Waals surface area contributed by atoms with Crippen molar-refractivity contribution in [2.75, 3.05) is 26.2 Å². The smallest absolute Gasteiger partial charge is 0.251 e. The Kier molecular flexibility index (Phi) is 7.40. The molecule has 0 saturated carbocycles. The van der Waals surface area contributed by atoms with Crippen molar-refractivity contribution >= 4 is 11.8 Å². The number of rotatable bonds is 9. The van der Waals surface area contributed by atoms with E-state index in [0.717, 1.165) is 36.2 Å². The first-order valence-corrected chi connectivity index (χ1v) is 11.8. The van der Waals surface area contributed by atoms with Crippen LogP contribution in [0, 0.1) is 5.92 Å². The van der Waals surface area contributed by atoms with Crippen LogP contribution in [0.2, 0.25) is 0 Å². The van der Waals surface area contributed by atoms with E-state index in [0.29, 0.717) is 25.2 Å². The molecule has 0 radical (unpaired) electrons. The molecule has 1 heterocycles. The summed E-state index contributed by atoms with van der Waals surface area (Å²) in [5.41, 5.74) is 14.4. The molecule has 0 aliphatic carbocycles. The molecular formula is C28H32N4O2. The Labute approximate surface area is 201 Å². The van der Waals surface area contributed by atoms with E-state index >= 15 is 0 Å². The van der Waals surface area contributed by atoms with Crippen LogP contribution in [0.1, 0.15) is 33.5 Å². The van der Waals surface area contributed by atoms with E-state index in [1.165, 1.54) is 0 Å². The molecular weight excluding hydrogens is 424 g/mol. The SMILES string of the molecule is NCc1ccc(C(=O)NCCN2CC[C@@H](C(C(N)=O)(c3ccccc3)c3ccccc3)C2)cc1. The monoisotopic (exact) mass is 456 g/mol. The van der Waals surface area contributed by atoms with Gasteiger partial charge in [-0.3, -0.25) is 9.59 Å². The van der Waals surface area contributed by atoms with E-state index in [2.05, 4.69) is 10.2 Å². The molecule has 1 atom stereocenters. The zero-order chi connectivity index (χ0) is 24.0. The number of likely N-dealkylation sites (tertiary alicyclic amines) is 1. The Bertz CT molecular complexity index is 1060. The van der Waals surface area contributed by atoms with E-state index in [1.807, 2.05) is 72.8 Å². The molecule has 0 aromatic heterocycles. The van der Waals surface area contributed by atoms with Gasteiger partial charge >= 0.3 is 0 Å². The highest BCUT2D eigenvalue weighted by molar-refractivity contribution is 5.94. The molecule has 5 N–H and O–H groups in total. The fourth-order valence-electron chi connectivity index (χ4n) is 5.14. The average molecular weight is 457 g/mol. The Balaban J connectivity index is 1.46. The lowest BCUT2D eigenvalue weighted by Gasteiger charge is -2.37. The number of nitrogens with one attached hydrogen (secondary N) is 1. The lowest BCUT2D eigenvalue weighted by Crippen LogP contribution is -2.49. The summed E-state index contributed by atoms with van der Waals surface area (Å²) in [5.74, 6) is -0.389. The first-order valence-electron chi connectivity index (χ1n) is 11.8. The van der Waals surface area contributed by atoms with Gasteiger partial charge in [0.05, 0.1) is 0 Å². The minimum Gasteiger partial charge on any atom is -0.369 e. The van der Waals surface area contributed by atoms with Gasteiger partial charge in [-0.15, -0.1) is 0 Å². The van der Waals surface area contributed by atoms with E-state index in [9.17, 15) is 9.59 Å². The van der Waals surface area contributed by atoms with Crippen molar-refractivity contribution in [2.45, 2.75) is 18.4 Å². The second-order valence-corrected chi connectivity index (χ2v) is 8.85. The van der Waals surface area contributed by atoms with Gasteiger partial charge in [-0.25, -0.2) is 0 Å². The van der Waals surface area contributed by atoms with E-state index in [1.54, 1.807) is 12.1 Å². The fraction of sp³-hybridized carbons (Fsp3) is 0.286. The summed E-state index contributed by atoms with van der Waals surface area (Å²) >= 11 is 0. The lowest BCUT2D eigenvalue weighted by atomic mass is 9.64. The van der Waals surface area contributed by atoms with Crippen molar-refractivity contribution in [3.05, 3.63) is 107 Å². The number of amides is 2. The van der Waals surface area contributed by atoms with Crippen LogP contribution in [0.4, 0.5) is 0 Å². The number of carbonyl (C=O) groups excluding carboxylic acids is 2. The summed E-state index contributed by atoms with van der Waals surface area (Å²) in [5, 5.41) is 3.00. The van der Waals surface area contributed by atoms with Crippen LogP contribution in [0.3, 0.4) is 0 Å². The molecule has 3 aromatic carbocycles. The lowest BCUT2D eigenvalue weighted by molar-refractivity contribution is -0.123. The van der Waals surface area contributed by atoms with Gasteiger partial charge < -0.3 is 21.7 Å². The highest BCUT2D eigenvalue weighted by atomic mass is 16.2. The molecule has 2 amide bonds. The Hall–Kier alpha value is -3.48. The largest absolute Gasteiger partial charge is 0.369 e. The maximum absolute atomic E-state index is 13.2. The normalized spacial score (nSPS) is 16.3. The van der Waals surface area contributed by atoms with Crippen LogP contribution >= 0.6 is 0 Å². The number of hydrogen-bond acceptors (Lipinski definition) is 4. The molecule has 0 unspecified atom stereocenters. The third-order valence-corrected chi connectivity index (χ3v) is 6.90. The van der Waals surface area contributed by atoms with Crippen LogP contribution in [0.25, 0.3) is 0 Å². The number of nitrogens with two attached hydrogens (primary N) is 2. The van der Waals surface area contributed by atoms with Gasteiger partial charge in [0.25, 0.3) is 5.91 Å². The van der Waals surface area contributed by atoms with Crippen LogP contribution in [0.15, 0.2) is 84.9 Å². The first-order chi connectivity index (χ1) is 16.6. The quantitative estimate of drug-likeness (QED) is 0.461. The number of benzene rings is 3. The number of primary amides is 1. The van der Waals surface area contributed by atoms with Crippen molar-refractivity contribution in [3.8, 4) is 0 Å². The third kappa shape index (κ3) is 4.74. The Morgan fingerprint density at radius 1 is 0.912 bits per heavy atom. The van der Waals surface area contributed by atoms with Crippen LogP contribution in [-0.4, -0.2) is 42.9 Å². The maximum Gasteiger partial charge on any atom is 0.251 e. The fourth-order valence-corrected chi connectivity index (χ4v) is 5.14. The summed E-state index contributed by atoms with van der Waals surface area (Å²) < 4.78 is 0. The summed E-state index contributed by atoms with van der Waals surface area (Å²) in [7, 11) is 0. The Morgan fingerprint density at radius 2 is 1.50 bits per heavy atom. The van der Waals surface area contributed by atoms with Crippen LogP contribution in [0.5, 0.6) is 0 Å². The van der Waals surface area contributed by atoms with Gasteiger partial charge in [0.1, 0.15) is 5.41 Å². The van der Waals surface area contributed by atoms with Gasteiger partial charge in [-0.2, -0.15) is 0 Å². The number of carbonyl (C=O) groups is 2. The van der Waals surface area contributed by atoms with Gasteiger partial charge in [0.2, 0.25) is 5.91 Å². The van der Waals surface area contributed by atoms with Crippen LogP contribution in [-0.2, 0) is 16.8 Å². The molecule has 1 fully saturated rings. The Morgan fingerprint density at radius 3 is 2.03 bits per heavy atom. The van der Waals surface area contributed by atoms with E-state index in [4.69, 9.17) is 11.5 Å². The molecule has 3 aromatic rings. The van der Waals surface area contributed by atoms with Gasteiger partial charge in [0.15, 0.2) is 0 Å². The molecule has 176 valence electrons. The number of nitrogens with zero attached hydrogens (tertiary/aromatic N) is 1. The summed E-state index contributed by atoms with van der Waals surface area (Å²) in [6.07, 6.45) is 0.848. The predicted molar refractivity (Wildman–Crippen MR) is 134 cm³/mol. The third-order valence-electron chi connectivity index (χ3n) is 6.90. The van der Waals surface area contributed by atoms with Crippen molar-refractivity contribution in [3.63, 3.8) is 0 Å². The van der Waals surface area contributed by atoms with Crippen molar-refractivity contribution in [1.82, 2.24) is 10.2 Å². The molecule has 6 heteroatoms. The highest BCUT2D eigenvalue weighted by Crippen LogP contribution is 2.43. The minimum atomic E-state index is -0.898. The molecule has 6 nitrogen and oxygen atoms in total. The van der Waals surface area contributed by atoms with Gasteiger partial charge in [-0.05, 0) is 47.7 Å². The summed E-state index contributed by atoms with van der Waals surface area (Å²) in [6.45, 7) is 3.27. The minimum absolute atomic E-state index is 0.0364. The van der Waals surface area contributed by atoms with Gasteiger partial charge in [-0.1, -0.05) is 72.8 Å². The van der Waals surface area contributed by atoms with Crippen molar-refractivity contribution < 1.29 is 9.59 Å². The first kappa shape index (κ1) is 23.7. The van der Waals surface area contributed by atoms with E-state index < -0.39 is 5.41 Å². The van der Waals surface area contributed by atoms with E-state index in [-0.39, 0.29) is 17.7 Å². The van der Waals surface area contributed by atoms with Crippen molar-refractivity contribution in [2.24, 2.45) is 17.4 Å². The molecule has 1 aliphatic heterocycles. The predicted octanol–water partition coefficient (Wildman–Crippen LogP) is 2.67. The standard InChI is InChI=1S/C28H32N4O2/c29-19-21-11-13-22(14-12-21)26(33)31-16-18-32-17-15-25(20-32)28(27(30)34,23-7-3-1-4-8-23)24-9-5-2-6-10-24/h1-14,25H,15-20,29H2,(H2,30,34)(H,31,33)/t25-/m1/s1. The molecule has 1 aliphatic rings. The highest BCUT2D eigenvalue weighted by Gasteiger charge is 2.49. The average Bonchev–Trinajstić information content (AvgIpc) is 3.34. The number of hydrogen-bond donors (Lipinski definition) is 3. The topological polar surface area (TPSA) is 101 Å². The van der Waals surface area contributed by atoms with Gasteiger partial charge in [0, 0.05) is 31.7 Å². The van der Waals surface area contributed by atoms with Crippen LogP contribution < -0.4 is 16.8 Å². The summed E-state index contributed by atoms with van der Waals surface area (Å²) in [6, 6.07) is 27.1. The molecule has 0 spiro atoms. The molecule has 0 bridgehead atoms. The summed E-state index contributed by atoms with van der Waals surface area (Å²) in [4.78, 5) is 27.9. The molecule has 4 rings (SSSR count). The zero-order valence-electron chi connectivity index (χ0n) is 19.3. The molecule has 34 heavy (non-hydrogen) atoms. The molecule has 1 saturated heterocycles. The second kappa shape index (κ2) is 10.6. The maximum atomic E-state index is 13.2.